The summed E-state index contributed by atoms with van der Waals surface area (Å²) in [5.74, 6) is 1.70. The van der Waals surface area contributed by atoms with Gasteiger partial charge in [0, 0.05) is 60.6 Å². The van der Waals surface area contributed by atoms with E-state index in [1.165, 1.54) is 82.3 Å². The maximum absolute atomic E-state index is 5.93. The minimum atomic E-state index is -0.216. The molecule has 0 atom stereocenters. The molecule has 6 heteroatoms. The first-order valence-corrected chi connectivity index (χ1v) is 37.3. The molecule has 2 aliphatic rings. The van der Waals surface area contributed by atoms with Gasteiger partial charge in [0.2, 0.25) is 0 Å². The van der Waals surface area contributed by atoms with Crippen LogP contribution in [0.3, 0.4) is 0 Å². The molecule has 18 aromatic rings. The van der Waals surface area contributed by atoms with Crippen LogP contribution in [0, 0.1) is 0 Å². The van der Waals surface area contributed by atoms with Crippen molar-refractivity contribution in [1.82, 2.24) is 24.1 Å². The molecule has 0 N–H and O–H groups in total. The summed E-state index contributed by atoms with van der Waals surface area (Å²) in [5.41, 5.74) is 33.5. The molecular weight excluding hydrogens is 1290 g/mol. The van der Waals surface area contributed by atoms with Crippen LogP contribution in [-0.4, -0.2) is 30.8 Å². The second-order valence-corrected chi connectivity index (χ2v) is 31.1. The van der Waals surface area contributed by atoms with Crippen molar-refractivity contribution in [1.29, 1.82) is 0 Å². The predicted molar refractivity (Wildman–Crippen MR) is 450 cm³/mol. The third-order valence-electron chi connectivity index (χ3n) is 22.3. The minimum absolute atomic E-state index is 0.210. The summed E-state index contributed by atoms with van der Waals surface area (Å²) in [6, 6.07) is 125. The van der Waals surface area contributed by atoms with Crippen LogP contribution >= 0.6 is 0 Å². The molecule has 5 nitrogen and oxygen atoms in total. The van der Waals surface area contributed by atoms with E-state index in [-0.39, 0.29) is 17.5 Å². The molecule has 0 saturated carbocycles. The zero-order chi connectivity index (χ0) is 71.8. The van der Waals surface area contributed by atoms with E-state index in [0.717, 1.165) is 106 Å². The van der Waals surface area contributed by atoms with Crippen molar-refractivity contribution in [2.45, 2.75) is 52.4 Å². The van der Waals surface area contributed by atoms with Gasteiger partial charge in [-0.1, -0.05) is 296 Å². The van der Waals surface area contributed by atoms with E-state index in [2.05, 4.69) is 390 Å². The van der Waals surface area contributed by atoms with Crippen molar-refractivity contribution >= 4 is 66.7 Å². The predicted octanol–water partition coefficient (Wildman–Crippen LogP) is 24.1. The first kappa shape index (κ1) is 63.6. The van der Waals surface area contributed by atoms with E-state index in [4.69, 9.17) is 15.0 Å². The van der Waals surface area contributed by atoms with Crippen LogP contribution in [0.25, 0.3) is 178 Å². The molecule has 2 aliphatic heterocycles. The fourth-order valence-corrected chi connectivity index (χ4v) is 17.1. The lowest BCUT2D eigenvalue weighted by Crippen LogP contribution is -2.59. The minimum Gasteiger partial charge on any atom is -0.310 e. The topological polar surface area (TPSA) is 48.5 Å². The van der Waals surface area contributed by atoms with E-state index in [9.17, 15) is 0 Å². The summed E-state index contributed by atoms with van der Waals surface area (Å²) in [4.78, 5) is 17.6. The van der Waals surface area contributed by atoms with Crippen LogP contribution in [0.5, 0.6) is 0 Å². The van der Waals surface area contributed by atoms with Crippen LogP contribution in [0.15, 0.2) is 340 Å². The van der Waals surface area contributed by atoms with Crippen LogP contribution < -0.4 is 16.4 Å². The van der Waals surface area contributed by atoms with Crippen molar-refractivity contribution < 1.29 is 0 Å². The van der Waals surface area contributed by atoms with Gasteiger partial charge in [-0.05, 0) is 212 Å². The molecule has 506 valence electrons. The van der Waals surface area contributed by atoms with Gasteiger partial charge in [-0.2, -0.15) is 0 Å². The van der Waals surface area contributed by atoms with Gasteiger partial charge >= 0.3 is 0 Å². The highest BCUT2D eigenvalue weighted by Gasteiger charge is 2.44. The molecule has 0 spiro atoms. The molecule has 0 radical (unpaired) electrons. The second kappa shape index (κ2) is 24.8. The first-order valence-electron chi connectivity index (χ1n) is 37.3. The zero-order valence-corrected chi connectivity index (χ0v) is 60.6. The summed E-state index contributed by atoms with van der Waals surface area (Å²) in [6.45, 7) is 14.1. The van der Waals surface area contributed by atoms with E-state index in [1.807, 2.05) is 0 Å². The highest BCUT2D eigenvalue weighted by molar-refractivity contribution is 7.00. The number of hydrogen-bond acceptors (Lipinski definition) is 3. The van der Waals surface area contributed by atoms with Gasteiger partial charge in [0.25, 0.3) is 6.71 Å². The van der Waals surface area contributed by atoms with Gasteiger partial charge in [0.05, 0.1) is 11.0 Å². The molecule has 0 fully saturated rings. The Balaban J connectivity index is 0.971. The number of nitrogens with zero attached hydrogens (tertiary/aromatic N) is 5. The first-order chi connectivity index (χ1) is 52.3. The second-order valence-electron chi connectivity index (χ2n) is 31.1. The van der Waals surface area contributed by atoms with Gasteiger partial charge in [-0.15, -0.1) is 0 Å². The highest BCUT2D eigenvalue weighted by atomic mass is 15.1. The van der Waals surface area contributed by atoms with Crippen LogP contribution in [0.2, 0.25) is 0 Å². The molecule has 15 aromatic carbocycles. The summed E-state index contributed by atoms with van der Waals surface area (Å²) < 4.78 is 5.31. The molecule has 0 bridgehead atoms. The maximum Gasteiger partial charge on any atom is 0.252 e. The van der Waals surface area contributed by atoms with Gasteiger partial charge in [-0.25, -0.2) is 15.0 Å². The third-order valence-corrected chi connectivity index (χ3v) is 22.3. The lowest BCUT2D eigenvalue weighted by atomic mass is 9.34. The standard InChI is InChI=1S/C101H74BN5/c1-100(2,3)80-59-84-92-82(69-43-27-13-28-44-69)53-75(67-39-23-11-24-40-67)55-88(92)106-90-57-79(58-91-94(90)102(86(61-80)95(84)106)87-62-81(101(4,5)6)60-85-93-83(70-45-29-14-30-46-70)54-76(68-41-25-12-26-42-68)56-89(93)107(91)96(85)87)99-104-97(77-49-71(63-31-15-7-16-32-63)47-72(50-77)64-33-17-8-18-34-64)103-98(105-99)78-51-73(65-35-19-9-20-36-65)48-74(52-78)66-37-21-10-22-38-66/h7-62H,1-6H3. The Labute approximate surface area is 624 Å². The Morgan fingerprint density at radius 3 is 0.776 bits per heavy atom. The molecule has 0 aliphatic carbocycles. The summed E-state index contributed by atoms with van der Waals surface area (Å²) in [6.07, 6.45) is 0. The lowest BCUT2D eigenvalue weighted by Gasteiger charge is -2.35. The molecule has 0 unspecified atom stereocenters. The highest BCUT2D eigenvalue weighted by Crippen LogP contribution is 2.49. The van der Waals surface area contributed by atoms with Crippen molar-refractivity contribution in [2.24, 2.45) is 0 Å². The number of benzene rings is 15. The summed E-state index contributed by atoms with van der Waals surface area (Å²) in [7, 11) is 0. The Hall–Kier alpha value is -13.0. The molecule has 5 heterocycles. The molecule has 3 aromatic heterocycles. The monoisotopic (exact) mass is 1370 g/mol. The van der Waals surface area contributed by atoms with Gasteiger partial charge in [-0.3, -0.25) is 0 Å². The normalized spacial score (nSPS) is 12.4. The number of fused-ring (bicyclic) bond motifs is 10. The average molecular weight is 1370 g/mol. The number of hydrogen-bond donors (Lipinski definition) is 0. The average Bonchev–Trinajstić information content (AvgIpc) is 1.52. The van der Waals surface area contributed by atoms with E-state index in [0.29, 0.717) is 17.5 Å². The fraction of sp³-hybridized carbons (Fsp3) is 0.0792. The van der Waals surface area contributed by atoms with Crippen LogP contribution in [0.4, 0.5) is 0 Å². The molecule has 20 rings (SSSR count). The number of rotatable bonds is 11. The Morgan fingerprint density at radius 1 is 0.243 bits per heavy atom. The largest absolute Gasteiger partial charge is 0.310 e. The van der Waals surface area contributed by atoms with Crippen molar-refractivity contribution in [2.75, 3.05) is 0 Å². The van der Waals surface area contributed by atoms with Gasteiger partial charge < -0.3 is 9.13 Å². The maximum atomic E-state index is 5.93. The summed E-state index contributed by atoms with van der Waals surface area (Å²) in [5, 5.41) is 4.91. The summed E-state index contributed by atoms with van der Waals surface area (Å²) >= 11 is 0. The van der Waals surface area contributed by atoms with Crippen LogP contribution in [0.1, 0.15) is 52.7 Å². The zero-order valence-electron chi connectivity index (χ0n) is 60.6. The smallest absolute Gasteiger partial charge is 0.252 e. The van der Waals surface area contributed by atoms with E-state index in [1.54, 1.807) is 0 Å². The Kier molecular flexibility index (Phi) is 14.8. The van der Waals surface area contributed by atoms with Crippen molar-refractivity contribution in [3.8, 4) is 135 Å². The SMILES string of the molecule is CC(C)(C)c1cc2c3c(c1)c1c(-c4ccccc4)cc(-c4ccccc4)cc1n3-c1cc(-c3nc(-c4cc(-c5ccccc5)cc(-c5ccccc5)c4)nc(-c4cc(-c5ccccc5)cc(-c5ccccc5)c4)n3)cc3c1B2c1cc(C(C)(C)C)cc2c4c(-c5ccccc5)cc(-c5ccccc5)cc4n-3c12. The molecule has 0 amide bonds. The molecule has 107 heavy (non-hydrogen) atoms. The fourth-order valence-electron chi connectivity index (χ4n) is 17.1. The van der Waals surface area contributed by atoms with Crippen LogP contribution in [-0.2, 0) is 10.8 Å². The van der Waals surface area contributed by atoms with E-state index >= 15 is 0 Å². The quantitative estimate of drug-likeness (QED) is 0.121. The Morgan fingerprint density at radius 2 is 0.495 bits per heavy atom. The van der Waals surface area contributed by atoms with Gasteiger partial charge in [0.1, 0.15) is 0 Å². The third kappa shape index (κ3) is 10.8. The lowest BCUT2D eigenvalue weighted by molar-refractivity contribution is 0.591. The number of aromatic nitrogens is 5. The Bertz CT molecular complexity index is 6070. The molecule has 0 saturated heterocycles. The molecular formula is C101H74BN5. The van der Waals surface area contributed by atoms with Crippen molar-refractivity contribution in [3.63, 3.8) is 0 Å². The van der Waals surface area contributed by atoms with Crippen molar-refractivity contribution in [3.05, 3.63) is 351 Å². The van der Waals surface area contributed by atoms with E-state index < -0.39 is 0 Å². The van der Waals surface area contributed by atoms with Gasteiger partial charge in [0.15, 0.2) is 17.5 Å².